The molecule has 0 bridgehead atoms. The summed E-state index contributed by atoms with van der Waals surface area (Å²) in [5.74, 6) is 0.824. The first-order chi connectivity index (χ1) is 8.69. The zero-order valence-electron chi connectivity index (χ0n) is 11.3. The van der Waals surface area contributed by atoms with E-state index in [2.05, 4.69) is 5.32 Å². The molecule has 1 saturated carbocycles. The zero-order chi connectivity index (χ0) is 13.0. The van der Waals surface area contributed by atoms with Gasteiger partial charge in [0.05, 0.1) is 12.2 Å². The maximum absolute atomic E-state index is 10.9. The number of para-hydroxylation sites is 1. The highest BCUT2D eigenvalue weighted by atomic mass is 16.5. The molecule has 18 heavy (non-hydrogen) atoms. The van der Waals surface area contributed by atoms with Gasteiger partial charge in [0.2, 0.25) is 0 Å². The van der Waals surface area contributed by atoms with E-state index in [4.69, 9.17) is 4.74 Å². The Morgan fingerprint density at radius 3 is 2.61 bits per heavy atom. The van der Waals surface area contributed by atoms with Crippen molar-refractivity contribution in [2.24, 2.45) is 0 Å². The van der Waals surface area contributed by atoms with E-state index in [9.17, 15) is 5.11 Å². The predicted octanol–water partition coefficient (Wildman–Crippen LogP) is 2.43. The van der Waals surface area contributed by atoms with Crippen LogP contribution >= 0.6 is 0 Å². The van der Waals surface area contributed by atoms with Gasteiger partial charge in [-0.25, -0.2) is 0 Å². The first-order valence-corrected chi connectivity index (χ1v) is 6.81. The highest BCUT2D eigenvalue weighted by Crippen LogP contribution is 2.41. The summed E-state index contributed by atoms with van der Waals surface area (Å²) in [4.78, 5) is 0. The molecule has 1 aromatic carbocycles. The van der Waals surface area contributed by atoms with Crippen LogP contribution in [0.5, 0.6) is 5.75 Å². The van der Waals surface area contributed by atoms with Crippen molar-refractivity contribution in [3.63, 3.8) is 0 Å². The summed E-state index contributed by atoms with van der Waals surface area (Å²) in [6, 6.07) is 8.40. The number of aliphatic hydroxyl groups is 1. The Morgan fingerprint density at radius 2 is 2.00 bits per heavy atom. The molecule has 0 atom stereocenters. The van der Waals surface area contributed by atoms with E-state index in [-0.39, 0.29) is 0 Å². The number of nitrogens with one attached hydrogen (secondary N) is 1. The van der Waals surface area contributed by atoms with Crippen molar-refractivity contribution < 1.29 is 9.84 Å². The minimum absolute atomic E-state index is 0.532. The summed E-state index contributed by atoms with van der Waals surface area (Å²) in [6.07, 6.45) is 3.60. The van der Waals surface area contributed by atoms with Crippen LogP contribution in [-0.2, 0) is 5.60 Å². The molecule has 1 fully saturated rings. The zero-order valence-corrected chi connectivity index (χ0v) is 11.3. The van der Waals surface area contributed by atoms with Crippen LogP contribution in [0.1, 0.15) is 38.2 Å². The molecule has 0 amide bonds. The third-order valence-electron chi connectivity index (χ3n) is 3.91. The molecule has 1 aromatic rings. The molecule has 0 aromatic heterocycles. The van der Waals surface area contributed by atoms with Crippen LogP contribution in [0.25, 0.3) is 0 Å². The Kier molecular flexibility index (Phi) is 4.25. The van der Waals surface area contributed by atoms with Gasteiger partial charge in [-0.1, -0.05) is 18.2 Å². The lowest BCUT2D eigenvalue weighted by atomic mass is 9.77. The second-order valence-electron chi connectivity index (χ2n) is 5.02. The van der Waals surface area contributed by atoms with Gasteiger partial charge in [0.15, 0.2) is 0 Å². The molecule has 0 saturated heterocycles. The van der Waals surface area contributed by atoms with E-state index in [1.807, 2.05) is 38.2 Å². The van der Waals surface area contributed by atoms with Crippen LogP contribution in [0.2, 0.25) is 0 Å². The largest absolute Gasteiger partial charge is 0.493 e. The fourth-order valence-electron chi connectivity index (χ4n) is 2.79. The van der Waals surface area contributed by atoms with Gasteiger partial charge in [0, 0.05) is 11.6 Å². The standard InChI is InChI=1S/C15H23NO2/c1-3-18-14-7-5-4-6-13(14)15(17)10-8-12(16-2)9-11-15/h4-7,12,16-17H,3,8-11H2,1-2H3. The van der Waals surface area contributed by atoms with E-state index in [1.165, 1.54) is 0 Å². The Labute approximate surface area is 109 Å². The third kappa shape index (κ3) is 2.68. The maximum Gasteiger partial charge on any atom is 0.125 e. The molecule has 0 unspecified atom stereocenters. The average Bonchev–Trinajstić information content (AvgIpc) is 2.41. The Balaban J connectivity index is 2.20. The highest BCUT2D eigenvalue weighted by Gasteiger charge is 2.36. The van der Waals surface area contributed by atoms with Gasteiger partial charge < -0.3 is 15.2 Å². The summed E-state index contributed by atoms with van der Waals surface area (Å²) < 4.78 is 5.63. The third-order valence-corrected chi connectivity index (χ3v) is 3.91. The van der Waals surface area contributed by atoms with Gasteiger partial charge in [-0.15, -0.1) is 0 Å². The van der Waals surface area contributed by atoms with E-state index in [0.29, 0.717) is 12.6 Å². The number of hydrogen-bond acceptors (Lipinski definition) is 3. The Bertz CT molecular complexity index is 384. The Hall–Kier alpha value is -1.06. The monoisotopic (exact) mass is 249 g/mol. The summed E-state index contributed by atoms with van der Waals surface area (Å²) in [6.45, 7) is 2.60. The molecular formula is C15H23NO2. The average molecular weight is 249 g/mol. The van der Waals surface area contributed by atoms with Crippen molar-refractivity contribution in [1.82, 2.24) is 5.32 Å². The molecule has 0 heterocycles. The van der Waals surface area contributed by atoms with Crippen LogP contribution in [0.3, 0.4) is 0 Å². The van der Waals surface area contributed by atoms with Crippen LogP contribution < -0.4 is 10.1 Å². The topological polar surface area (TPSA) is 41.5 Å². The van der Waals surface area contributed by atoms with Crippen molar-refractivity contribution in [3.8, 4) is 5.75 Å². The number of hydrogen-bond donors (Lipinski definition) is 2. The van der Waals surface area contributed by atoms with Crippen LogP contribution in [0.4, 0.5) is 0 Å². The molecular weight excluding hydrogens is 226 g/mol. The number of benzene rings is 1. The number of rotatable bonds is 4. The van der Waals surface area contributed by atoms with Gasteiger partial charge in [-0.05, 0) is 45.7 Å². The molecule has 2 N–H and O–H groups in total. The molecule has 1 aliphatic carbocycles. The summed E-state index contributed by atoms with van der Waals surface area (Å²) in [5, 5.41) is 14.1. The quantitative estimate of drug-likeness (QED) is 0.861. The van der Waals surface area contributed by atoms with E-state index in [0.717, 1.165) is 37.0 Å². The van der Waals surface area contributed by atoms with Crippen molar-refractivity contribution in [2.45, 2.75) is 44.2 Å². The van der Waals surface area contributed by atoms with Crippen LogP contribution in [0, 0.1) is 0 Å². The van der Waals surface area contributed by atoms with Crippen molar-refractivity contribution >= 4 is 0 Å². The second-order valence-corrected chi connectivity index (χ2v) is 5.02. The lowest BCUT2D eigenvalue weighted by Crippen LogP contribution is -2.38. The summed E-state index contributed by atoms with van der Waals surface area (Å²) >= 11 is 0. The minimum atomic E-state index is -0.723. The van der Waals surface area contributed by atoms with Crippen LogP contribution in [-0.4, -0.2) is 24.8 Å². The molecule has 1 aliphatic rings. The second kappa shape index (κ2) is 5.72. The number of ether oxygens (including phenoxy) is 1. The molecule has 0 spiro atoms. The van der Waals surface area contributed by atoms with E-state index >= 15 is 0 Å². The molecule has 0 aliphatic heterocycles. The highest BCUT2D eigenvalue weighted by molar-refractivity contribution is 5.38. The van der Waals surface area contributed by atoms with Gasteiger partial charge in [0.1, 0.15) is 5.75 Å². The predicted molar refractivity (Wildman–Crippen MR) is 72.8 cm³/mol. The SMILES string of the molecule is CCOc1ccccc1C1(O)CCC(NC)CC1. The fourth-order valence-corrected chi connectivity index (χ4v) is 2.79. The summed E-state index contributed by atoms with van der Waals surface area (Å²) in [7, 11) is 1.99. The van der Waals surface area contributed by atoms with E-state index < -0.39 is 5.60 Å². The fraction of sp³-hybridized carbons (Fsp3) is 0.600. The van der Waals surface area contributed by atoms with Gasteiger partial charge >= 0.3 is 0 Å². The molecule has 0 radical (unpaired) electrons. The van der Waals surface area contributed by atoms with E-state index in [1.54, 1.807) is 0 Å². The smallest absolute Gasteiger partial charge is 0.125 e. The first-order valence-electron chi connectivity index (χ1n) is 6.81. The molecule has 3 nitrogen and oxygen atoms in total. The first kappa shape index (κ1) is 13.4. The van der Waals surface area contributed by atoms with Gasteiger partial charge in [0.25, 0.3) is 0 Å². The normalized spacial score (nSPS) is 28.1. The molecule has 3 heteroatoms. The van der Waals surface area contributed by atoms with Crippen molar-refractivity contribution in [2.75, 3.05) is 13.7 Å². The molecule has 2 rings (SSSR count). The Morgan fingerprint density at radius 1 is 1.33 bits per heavy atom. The van der Waals surface area contributed by atoms with Crippen molar-refractivity contribution in [1.29, 1.82) is 0 Å². The maximum atomic E-state index is 10.9. The van der Waals surface area contributed by atoms with Gasteiger partial charge in [-0.3, -0.25) is 0 Å². The molecule has 100 valence electrons. The minimum Gasteiger partial charge on any atom is -0.493 e. The van der Waals surface area contributed by atoms with Gasteiger partial charge in [-0.2, -0.15) is 0 Å². The lowest BCUT2D eigenvalue weighted by molar-refractivity contribution is -0.00979. The van der Waals surface area contributed by atoms with Crippen molar-refractivity contribution in [3.05, 3.63) is 29.8 Å². The summed E-state index contributed by atoms with van der Waals surface area (Å²) in [5.41, 5.74) is 0.223. The van der Waals surface area contributed by atoms with Crippen LogP contribution in [0.15, 0.2) is 24.3 Å². The lowest BCUT2D eigenvalue weighted by Gasteiger charge is -2.37.